The van der Waals surface area contributed by atoms with Crippen LogP contribution in [0.15, 0.2) is 34.9 Å². The van der Waals surface area contributed by atoms with Gasteiger partial charge in [-0.1, -0.05) is 11.3 Å². The summed E-state index contributed by atoms with van der Waals surface area (Å²) in [6.45, 7) is 1.96. The van der Waals surface area contributed by atoms with E-state index in [-0.39, 0.29) is 0 Å². The van der Waals surface area contributed by atoms with Gasteiger partial charge in [-0.25, -0.2) is 9.50 Å². The summed E-state index contributed by atoms with van der Waals surface area (Å²) in [4.78, 5) is 5.41. The molecule has 0 aliphatic carbocycles. The van der Waals surface area contributed by atoms with Crippen LogP contribution in [-0.2, 0) is 0 Å². The Kier molecular flexibility index (Phi) is 2.34. The maximum absolute atomic E-state index is 5.83. The second-order valence-electron chi connectivity index (χ2n) is 4.49. The molecule has 0 saturated heterocycles. The zero-order chi connectivity index (χ0) is 13.7. The Hall–Kier alpha value is -2.34. The minimum Gasteiger partial charge on any atom is -0.497 e. The first-order valence-corrected chi connectivity index (χ1v) is 6.95. The van der Waals surface area contributed by atoms with Crippen LogP contribution in [0.3, 0.4) is 0 Å². The number of ether oxygens (including phenoxy) is 1. The molecular weight excluding hydrogens is 274 g/mol. The Morgan fingerprint density at radius 1 is 1.30 bits per heavy atom. The Bertz CT molecular complexity index is 888. The van der Waals surface area contributed by atoms with Gasteiger partial charge in [0.1, 0.15) is 22.0 Å². The average molecular weight is 285 g/mol. The highest BCUT2D eigenvalue weighted by molar-refractivity contribution is 7.16. The Morgan fingerprint density at radius 2 is 2.20 bits per heavy atom. The fraction of sp³-hybridized carbons (Fsp3) is 0.143. The smallest absolute Gasteiger partial charge is 0.212 e. The number of benzene rings is 1. The molecule has 100 valence electrons. The highest BCUT2D eigenvalue weighted by Crippen LogP contribution is 2.30. The standard InChI is InChI=1S/C14H11N3O2S/c1-8-16-17-7-11(15-14(17)20-8)13-6-9-5-10(18-2)3-4-12(9)19-13/h3-7H,1-2H3. The molecule has 4 rings (SSSR count). The van der Waals surface area contributed by atoms with Gasteiger partial charge in [0.25, 0.3) is 0 Å². The predicted octanol–water partition coefficient (Wildman–Crippen LogP) is 3.52. The van der Waals surface area contributed by atoms with Crippen molar-refractivity contribution in [3.8, 4) is 17.2 Å². The normalized spacial score (nSPS) is 11.5. The summed E-state index contributed by atoms with van der Waals surface area (Å²) >= 11 is 1.56. The zero-order valence-electron chi connectivity index (χ0n) is 11.0. The van der Waals surface area contributed by atoms with Crippen LogP contribution < -0.4 is 4.74 Å². The summed E-state index contributed by atoms with van der Waals surface area (Å²) in [5.41, 5.74) is 1.61. The van der Waals surface area contributed by atoms with Gasteiger partial charge in [0.15, 0.2) is 5.76 Å². The average Bonchev–Trinajstić information content (AvgIpc) is 3.08. The molecule has 3 heterocycles. The van der Waals surface area contributed by atoms with Gasteiger partial charge in [0.2, 0.25) is 4.96 Å². The number of hydrogen-bond donors (Lipinski definition) is 0. The van der Waals surface area contributed by atoms with Gasteiger partial charge in [-0.3, -0.25) is 0 Å². The van der Waals surface area contributed by atoms with Gasteiger partial charge in [-0.15, -0.1) is 0 Å². The number of methoxy groups -OCH3 is 1. The molecule has 0 amide bonds. The van der Waals surface area contributed by atoms with Crippen molar-refractivity contribution in [2.24, 2.45) is 0 Å². The minimum absolute atomic E-state index is 0.739. The summed E-state index contributed by atoms with van der Waals surface area (Å²) in [6.07, 6.45) is 1.88. The fourth-order valence-corrected chi connectivity index (χ4v) is 2.92. The number of imidazole rings is 1. The Balaban J connectivity index is 1.85. The summed E-state index contributed by atoms with van der Waals surface area (Å²) in [7, 11) is 1.65. The molecule has 0 radical (unpaired) electrons. The fourth-order valence-electron chi connectivity index (χ4n) is 2.19. The first-order valence-electron chi connectivity index (χ1n) is 6.14. The second kappa shape index (κ2) is 4.08. The molecule has 0 atom stereocenters. The third kappa shape index (κ3) is 1.69. The van der Waals surface area contributed by atoms with E-state index in [1.165, 1.54) is 0 Å². The largest absolute Gasteiger partial charge is 0.497 e. The number of furan rings is 1. The molecule has 0 aliphatic rings. The molecule has 0 fully saturated rings. The van der Waals surface area contributed by atoms with Gasteiger partial charge in [-0.2, -0.15) is 5.10 Å². The topological polar surface area (TPSA) is 52.6 Å². The summed E-state index contributed by atoms with van der Waals surface area (Å²) < 4.78 is 12.8. The van der Waals surface area contributed by atoms with Gasteiger partial charge in [-0.05, 0) is 31.2 Å². The van der Waals surface area contributed by atoms with Crippen LogP contribution in [0.1, 0.15) is 5.01 Å². The van der Waals surface area contributed by atoms with E-state index in [4.69, 9.17) is 9.15 Å². The summed E-state index contributed by atoms with van der Waals surface area (Å²) in [6, 6.07) is 7.70. The van der Waals surface area contributed by atoms with Crippen molar-refractivity contribution < 1.29 is 9.15 Å². The molecule has 3 aromatic heterocycles. The van der Waals surface area contributed by atoms with E-state index in [0.29, 0.717) is 0 Å². The Labute approximate surface area is 118 Å². The zero-order valence-corrected chi connectivity index (χ0v) is 11.8. The SMILES string of the molecule is COc1ccc2oc(-c3cn4nc(C)sc4n3)cc2c1. The van der Waals surface area contributed by atoms with Crippen molar-refractivity contribution in [3.63, 3.8) is 0 Å². The lowest BCUT2D eigenvalue weighted by Gasteiger charge is -1.96. The Morgan fingerprint density at radius 3 is 3.00 bits per heavy atom. The van der Waals surface area contributed by atoms with E-state index < -0.39 is 0 Å². The third-order valence-electron chi connectivity index (χ3n) is 3.12. The molecular formula is C14H11N3O2S. The highest BCUT2D eigenvalue weighted by atomic mass is 32.1. The molecule has 6 heteroatoms. The van der Waals surface area contributed by atoms with Gasteiger partial charge < -0.3 is 9.15 Å². The van der Waals surface area contributed by atoms with Crippen LogP contribution in [-0.4, -0.2) is 21.7 Å². The van der Waals surface area contributed by atoms with Crippen LogP contribution in [0.25, 0.3) is 27.4 Å². The van der Waals surface area contributed by atoms with Crippen LogP contribution in [0.2, 0.25) is 0 Å². The number of aryl methyl sites for hydroxylation is 1. The second-order valence-corrected chi connectivity index (χ2v) is 5.65. The van der Waals surface area contributed by atoms with Crippen LogP contribution in [0, 0.1) is 6.92 Å². The lowest BCUT2D eigenvalue weighted by Crippen LogP contribution is -1.79. The minimum atomic E-state index is 0.739. The van der Waals surface area contributed by atoms with Gasteiger partial charge in [0.05, 0.1) is 13.3 Å². The van der Waals surface area contributed by atoms with Gasteiger partial charge >= 0.3 is 0 Å². The summed E-state index contributed by atoms with van der Waals surface area (Å²) in [5.74, 6) is 1.55. The van der Waals surface area contributed by atoms with E-state index in [2.05, 4.69) is 10.1 Å². The van der Waals surface area contributed by atoms with Crippen molar-refractivity contribution >= 4 is 27.3 Å². The summed E-state index contributed by atoms with van der Waals surface area (Å²) in [5, 5.41) is 6.35. The molecule has 1 aromatic carbocycles. The van der Waals surface area contributed by atoms with E-state index in [0.717, 1.165) is 38.1 Å². The molecule has 20 heavy (non-hydrogen) atoms. The van der Waals surface area contributed by atoms with E-state index >= 15 is 0 Å². The van der Waals surface area contributed by atoms with Crippen LogP contribution in [0.5, 0.6) is 5.75 Å². The van der Waals surface area contributed by atoms with Crippen LogP contribution >= 0.6 is 11.3 Å². The van der Waals surface area contributed by atoms with Crippen molar-refractivity contribution in [2.45, 2.75) is 6.92 Å². The molecule has 0 bridgehead atoms. The first kappa shape index (κ1) is 11.5. The number of aromatic nitrogens is 3. The number of hydrogen-bond acceptors (Lipinski definition) is 5. The van der Waals surface area contributed by atoms with Crippen molar-refractivity contribution in [3.05, 3.63) is 35.5 Å². The quantitative estimate of drug-likeness (QED) is 0.565. The maximum Gasteiger partial charge on any atom is 0.212 e. The number of rotatable bonds is 2. The number of fused-ring (bicyclic) bond motifs is 2. The molecule has 4 aromatic rings. The molecule has 5 nitrogen and oxygen atoms in total. The van der Waals surface area contributed by atoms with E-state index in [1.807, 2.05) is 37.4 Å². The first-order chi connectivity index (χ1) is 9.72. The monoisotopic (exact) mass is 285 g/mol. The van der Waals surface area contributed by atoms with Crippen molar-refractivity contribution in [2.75, 3.05) is 7.11 Å². The lowest BCUT2D eigenvalue weighted by molar-refractivity contribution is 0.415. The molecule has 0 aliphatic heterocycles. The van der Waals surface area contributed by atoms with Crippen molar-refractivity contribution in [1.82, 2.24) is 14.6 Å². The molecule has 0 N–H and O–H groups in total. The molecule has 0 unspecified atom stereocenters. The maximum atomic E-state index is 5.83. The lowest BCUT2D eigenvalue weighted by atomic mass is 10.2. The predicted molar refractivity (Wildman–Crippen MR) is 77.4 cm³/mol. The number of nitrogens with zero attached hydrogens (tertiary/aromatic N) is 3. The van der Waals surface area contributed by atoms with Crippen molar-refractivity contribution in [1.29, 1.82) is 0 Å². The molecule has 0 saturated carbocycles. The van der Waals surface area contributed by atoms with E-state index in [1.54, 1.807) is 23.0 Å². The van der Waals surface area contributed by atoms with Crippen LogP contribution in [0.4, 0.5) is 0 Å². The van der Waals surface area contributed by atoms with E-state index in [9.17, 15) is 0 Å². The molecule has 0 spiro atoms. The van der Waals surface area contributed by atoms with Gasteiger partial charge in [0, 0.05) is 5.39 Å². The highest BCUT2D eigenvalue weighted by Gasteiger charge is 2.12. The third-order valence-corrected chi connectivity index (χ3v) is 3.96.